The largest absolute Gasteiger partial charge is 0.453 e. The van der Waals surface area contributed by atoms with Crippen molar-refractivity contribution in [2.75, 3.05) is 0 Å². The normalized spacial score (nSPS) is 10.6. The molecule has 0 aliphatic rings. The Morgan fingerprint density at radius 2 is 0.480 bits per heavy atom. The van der Waals surface area contributed by atoms with Crippen LogP contribution in [0.3, 0.4) is 0 Å². The molecule has 0 heterocycles. The summed E-state index contributed by atoms with van der Waals surface area (Å²) in [6, 6.07) is 47.6. The van der Waals surface area contributed by atoms with Crippen molar-refractivity contribution in [3.8, 4) is 69.0 Å². The van der Waals surface area contributed by atoms with Crippen molar-refractivity contribution in [1.82, 2.24) is 0 Å². The van der Waals surface area contributed by atoms with Gasteiger partial charge in [-0.15, -0.1) is 0 Å². The second-order valence-electron chi connectivity index (χ2n) is 10.8. The van der Waals surface area contributed by atoms with Gasteiger partial charge in [-0.3, -0.25) is 0 Å². The van der Waals surface area contributed by atoms with Crippen LogP contribution in [0.25, 0.3) is 0 Å². The monoisotopic (exact) mass is 666 g/mol. The van der Waals surface area contributed by atoms with Crippen LogP contribution in [0.2, 0.25) is 0 Å². The van der Waals surface area contributed by atoms with E-state index in [0.717, 1.165) is 0 Å². The maximum atomic E-state index is 13.8. The third kappa shape index (κ3) is 8.00. The highest BCUT2D eigenvalue weighted by atomic mass is 19.1. The van der Waals surface area contributed by atoms with Crippen molar-refractivity contribution < 1.29 is 37.2 Å². The van der Waals surface area contributed by atoms with Crippen molar-refractivity contribution in [1.29, 1.82) is 0 Å². The smallest absolute Gasteiger partial charge is 0.170 e. The van der Waals surface area contributed by atoms with E-state index in [0.29, 0.717) is 69.0 Å². The molecule has 8 heteroatoms. The summed E-state index contributed by atoms with van der Waals surface area (Å²) in [6.07, 6.45) is 0. The average Bonchev–Trinajstić information content (AvgIpc) is 3.12. The van der Waals surface area contributed by atoms with Gasteiger partial charge in [0.05, 0.1) is 0 Å². The lowest BCUT2D eigenvalue weighted by atomic mass is 10.2. The van der Waals surface area contributed by atoms with Gasteiger partial charge in [-0.2, -0.15) is 0 Å². The van der Waals surface area contributed by atoms with Crippen LogP contribution in [-0.4, -0.2) is 0 Å². The first-order valence-corrected chi connectivity index (χ1v) is 15.6. The highest BCUT2D eigenvalue weighted by Gasteiger charge is 2.15. The Morgan fingerprint density at radius 1 is 0.240 bits per heavy atom. The number of benzene rings is 7. The summed E-state index contributed by atoms with van der Waals surface area (Å²) < 4.78 is 64.4. The number of hydrogen-bond donors (Lipinski definition) is 0. The molecule has 0 atom stereocenters. The molecule has 0 bridgehead atoms. The lowest BCUT2D eigenvalue weighted by Gasteiger charge is -2.16. The van der Waals surface area contributed by atoms with Gasteiger partial charge in [-0.25, -0.2) is 8.78 Å². The highest BCUT2D eigenvalue weighted by molar-refractivity contribution is 5.52. The van der Waals surface area contributed by atoms with Crippen molar-refractivity contribution in [2.45, 2.75) is 0 Å². The Labute approximate surface area is 287 Å². The number of rotatable bonds is 12. The molecule has 0 radical (unpaired) electrons. The van der Waals surface area contributed by atoms with E-state index in [1.807, 2.05) is 42.5 Å². The highest BCUT2D eigenvalue weighted by Crippen LogP contribution is 2.42. The first-order valence-electron chi connectivity index (χ1n) is 15.6. The van der Waals surface area contributed by atoms with E-state index in [-0.39, 0.29) is 0 Å². The van der Waals surface area contributed by atoms with Gasteiger partial charge in [0.2, 0.25) is 0 Å². The molecule has 0 amide bonds. The van der Waals surface area contributed by atoms with Crippen LogP contribution in [0, 0.1) is 11.6 Å². The maximum Gasteiger partial charge on any atom is 0.170 e. The number of ether oxygens (including phenoxy) is 6. The van der Waals surface area contributed by atoms with Crippen molar-refractivity contribution in [3.63, 3.8) is 0 Å². The molecule has 7 rings (SSSR count). The van der Waals surface area contributed by atoms with Gasteiger partial charge in [0.15, 0.2) is 46.0 Å². The van der Waals surface area contributed by atoms with Crippen molar-refractivity contribution in [3.05, 3.63) is 181 Å². The van der Waals surface area contributed by atoms with Gasteiger partial charge in [0, 0.05) is 18.2 Å². The molecule has 0 spiro atoms. The van der Waals surface area contributed by atoms with E-state index in [4.69, 9.17) is 28.4 Å². The molecule has 0 fully saturated rings. The van der Waals surface area contributed by atoms with Crippen molar-refractivity contribution >= 4 is 0 Å². The summed E-state index contributed by atoms with van der Waals surface area (Å²) in [5.74, 6) is 4.30. The first-order chi connectivity index (χ1) is 24.6. The van der Waals surface area contributed by atoms with Gasteiger partial charge >= 0.3 is 0 Å². The van der Waals surface area contributed by atoms with E-state index in [9.17, 15) is 8.78 Å². The lowest BCUT2D eigenvalue weighted by molar-refractivity contribution is 0.387. The van der Waals surface area contributed by atoms with Crippen LogP contribution < -0.4 is 28.4 Å². The molecule has 50 heavy (non-hydrogen) atoms. The van der Waals surface area contributed by atoms with E-state index in [1.54, 1.807) is 103 Å². The van der Waals surface area contributed by atoms with Gasteiger partial charge in [0.25, 0.3) is 0 Å². The molecule has 7 aromatic carbocycles. The summed E-state index contributed by atoms with van der Waals surface area (Å²) in [7, 11) is 0. The second kappa shape index (κ2) is 15.0. The minimum absolute atomic E-state index is 0.343. The average molecular weight is 667 g/mol. The fraction of sp³-hybridized carbons (Fsp3) is 0. The quantitative estimate of drug-likeness (QED) is 0.129. The van der Waals surface area contributed by atoms with Crippen LogP contribution >= 0.6 is 0 Å². The third-order valence-corrected chi connectivity index (χ3v) is 7.15. The molecule has 6 nitrogen and oxygen atoms in total. The Balaban J connectivity index is 1.08. The summed E-state index contributed by atoms with van der Waals surface area (Å²) in [4.78, 5) is 0. The predicted octanol–water partition coefficient (Wildman–Crippen LogP) is 12.7. The molecule has 0 N–H and O–H groups in total. The first kappa shape index (κ1) is 31.8. The summed E-state index contributed by atoms with van der Waals surface area (Å²) in [6.45, 7) is 0. The number of halogens is 2. The van der Waals surface area contributed by atoms with Gasteiger partial charge < -0.3 is 28.4 Å². The lowest BCUT2D eigenvalue weighted by Crippen LogP contribution is -1.94. The van der Waals surface area contributed by atoms with Crippen LogP contribution in [-0.2, 0) is 0 Å². The zero-order valence-corrected chi connectivity index (χ0v) is 26.4. The molecule has 0 aromatic heterocycles. The second-order valence-corrected chi connectivity index (χ2v) is 10.8. The van der Waals surface area contributed by atoms with E-state index in [2.05, 4.69) is 0 Å². The third-order valence-electron chi connectivity index (χ3n) is 7.15. The minimum atomic E-state index is -0.403. The summed E-state index contributed by atoms with van der Waals surface area (Å²) >= 11 is 0. The maximum absolute atomic E-state index is 13.8. The van der Waals surface area contributed by atoms with E-state index >= 15 is 0 Å². The zero-order valence-electron chi connectivity index (χ0n) is 26.4. The van der Waals surface area contributed by atoms with Gasteiger partial charge in [-0.05, 0) is 84.9 Å². The van der Waals surface area contributed by atoms with Crippen LogP contribution in [0.1, 0.15) is 0 Å². The van der Waals surface area contributed by atoms with E-state index in [1.165, 1.54) is 24.3 Å². The fourth-order valence-corrected chi connectivity index (χ4v) is 4.88. The standard InChI is InChI=1S/C42H28F2O6/c43-29-12-9-14-31(26-29)45-35-18-1-5-22-39(35)49-41-24-7-3-20-37(41)47-33-16-11-17-34(28-33)48-38-21-4-8-25-42(38)50-40-23-6-2-19-36(40)46-32-15-10-13-30(44)27-32/h1-28H. The SMILES string of the molecule is Fc1cccc(Oc2ccccc2Oc2ccccc2Oc2cccc(Oc3ccccc3Oc3ccccc3Oc3cccc(F)c3)c2)c1. The molecule has 0 unspecified atom stereocenters. The molecule has 7 aromatic rings. The number of para-hydroxylation sites is 8. The minimum Gasteiger partial charge on any atom is -0.453 e. The van der Waals surface area contributed by atoms with Crippen LogP contribution in [0.4, 0.5) is 8.78 Å². The Hall–Kier alpha value is -6.80. The Bertz CT molecular complexity index is 2080. The Kier molecular flexibility index (Phi) is 9.51. The summed E-state index contributed by atoms with van der Waals surface area (Å²) in [5, 5.41) is 0. The molecular formula is C42H28F2O6. The Morgan fingerprint density at radius 3 is 0.760 bits per heavy atom. The van der Waals surface area contributed by atoms with Crippen LogP contribution in [0.15, 0.2) is 170 Å². The number of hydrogen-bond acceptors (Lipinski definition) is 6. The molecule has 246 valence electrons. The molecule has 0 saturated heterocycles. The van der Waals surface area contributed by atoms with Crippen LogP contribution in [0.5, 0.6) is 69.0 Å². The summed E-state index contributed by atoms with van der Waals surface area (Å²) in [5.41, 5.74) is 0. The van der Waals surface area contributed by atoms with E-state index < -0.39 is 11.6 Å². The molecule has 0 aliphatic heterocycles. The molecule has 0 aliphatic carbocycles. The predicted molar refractivity (Wildman–Crippen MR) is 185 cm³/mol. The zero-order chi connectivity index (χ0) is 34.1. The van der Waals surface area contributed by atoms with Crippen molar-refractivity contribution in [2.24, 2.45) is 0 Å². The molecular weight excluding hydrogens is 638 g/mol. The van der Waals surface area contributed by atoms with Gasteiger partial charge in [0.1, 0.15) is 34.6 Å². The topological polar surface area (TPSA) is 55.4 Å². The fourth-order valence-electron chi connectivity index (χ4n) is 4.88. The van der Waals surface area contributed by atoms with Gasteiger partial charge in [-0.1, -0.05) is 66.7 Å². The molecule has 0 saturated carbocycles.